The number of anilines is 1. The van der Waals surface area contributed by atoms with Crippen LogP contribution >= 0.6 is 0 Å². The molecule has 1 unspecified atom stereocenters. The average molecular weight is 389 g/mol. The van der Waals surface area contributed by atoms with Gasteiger partial charge in [-0.25, -0.2) is 5.48 Å². The highest BCUT2D eigenvalue weighted by molar-refractivity contribution is 7.86. The molecule has 0 aromatic heterocycles. The maximum absolute atomic E-state index is 12.4. The molecule has 0 radical (unpaired) electrons. The van der Waals surface area contributed by atoms with Gasteiger partial charge in [0.25, 0.3) is 0 Å². The Kier molecular flexibility index (Phi) is 6.52. The number of aryl methyl sites for hydroxylation is 2. The second-order valence-electron chi connectivity index (χ2n) is 7.28. The monoisotopic (exact) mass is 388 g/mol. The van der Waals surface area contributed by atoms with Gasteiger partial charge in [-0.05, 0) is 70.0 Å². The lowest BCUT2D eigenvalue weighted by molar-refractivity contribution is 0.176. The summed E-state index contributed by atoms with van der Waals surface area (Å²) in [5.41, 5.74) is 5.43. The molecule has 0 spiro atoms. The minimum atomic E-state index is -3.86. The third-order valence-corrected chi connectivity index (χ3v) is 6.41. The Morgan fingerprint density at radius 1 is 1.11 bits per heavy atom. The zero-order valence-corrected chi connectivity index (χ0v) is 16.8. The van der Waals surface area contributed by atoms with Gasteiger partial charge in [-0.3, -0.25) is 0 Å². The van der Waals surface area contributed by atoms with E-state index < -0.39 is 10.1 Å². The SMILES string of the molecule is Cc1ccc(S(=O)(=O)ONc2ccccc2CCC2CCCCN2C)cc1. The Balaban J connectivity index is 1.64. The molecule has 0 saturated carbocycles. The second-order valence-corrected chi connectivity index (χ2v) is 8.82. The summed E-state index contributed by atoms with van der Waals surface area (Å²) < 4.78 is 29.9. The smallest absolute Gasteiger partial charge is 0.303 e. The van der Waals surface area contributed by atoms with Gasteiger partial charge in [0.2, 0.25) is 0 Å². The zero-order chi connectivity index (χ0) is 19.3. The summed E-state index contributed by atoms with van der Waals surface area (Å²) in [6, 6.07) is 14.9. The fourth-order valence-corrected chi connectivity index (χ4v) is 4.29. The molecule has 146 valence electrons. The molecule has 1 saturated heterocycles. The molecular weight excluding hydrogens is 360 g/mol. The van der Waals surface area contributed by atoms with Crippen molar-refractivity contribution in [2.45, 2.75) is 50.0 Å². The van der Waals surface area contributed by atoms with Gasteiger partial charge in [0, 0.05) is 6.04 Å². The predicted octanol–water partition coefficient (Wildman–Crippen LogP) is 4.14. The van der Waals surface area contributed by atoms with E-state index in [2.05, 4.69) is 17.4 Å². The van der Waals surface area contributed by atoms with Crippen LogP contribution in [-0.4, -0.2) is 33.0 Å². The fraction of sp³-hybridized carbons (Fsp3) is 0.429. The Morgan fingerprint density at radius 3 is 2.59 bits per heavy atom. The average Bonchev–Trinajstić information content (AvgIpc) is 2.67. The standard InChI is InChI=1S/C21H28N2O3S/c1-17-10-14-20(15-11-17)27(24,25)26-22-21-9-4-3-7-18(21)12-13-19-8-5-6-16-23(19)2/h3-4,7,9-11,14-15,19,22H,5-6,8,12-13,16H2,1-2H3. The first-order valence-electron chi connectivity index (χ1n) is 9.50. The van der Waals surface area contributed by atoms with Gasteiger partial charge in [0.15, 0.2) is 0 Å². The van der Waals surface area contributed by atoms with Gasteiger partial charge in [-0.2, -0.15) is 8.42 Å². The molecule has 1 fully saturated rings. The first kappa shape index (κ1) is 19.9. The molecule has 5 nitrogen and oxygen atoms in total. The normalized spacial score (nSPS) is 18.4. The molecule has 0 amide bonds. The number of nitrogens with zero attached hydrogens (tertiary/aromatic N) is 1. The largest absolute Gasteiger partial charge is 0.317 e. The molecule has 1 aliphatic heterocycles. The topological polar surface area (TPSA) is 58.6 Å². The van der Waals surface area contributed by atoms with Crippen LogP contribution in [0.15, 0.2) is 53.4 Å². The van der Waals surface area contributed by atoms with Crippen molar-refractivity contribution in [1.82, 2.24) is 4.90 Å². The number of nitrogens with one attached hydrogen (secondary N) is 1. The van der Waals surface area contributed by atoms with E-state index in [0.717, 1.165) is 30.5 Å². The summed E-state index contributed by atoms with van der Waals surface area (Å²) in [5, 5.41) is 0. The van der Waals surface area contributed by atoms with E-state index in [1.54, 1.807) is 24.3 Å². The number of likely N-dealkylation sites (tertiary alicyclic amines) is 1. The van der Waals surface area contributed by atoms with E-state index in [4.69, 9.17) is 4.28 Å². The Labute approximate surface area is 162 Å². The molecule has 3 rings (SSSR count). The highest BCUT2D eigenvalue weighted by Gasteiger charge is 2.20. The van der Waals surface area contributed by atoms with Gasteiger partial charge in [0.1, 0.15) is 0 Å². The summed E-state index contributed by atoms with van der Waals surface area (Å²) in [4.78, 5) is 2.57. The van der Waals surface area contributed by atoms with Crippen molar-refractivity contribution in [2.75, 3.05) is 19.1 Å². The second kappa shape index (κ2) is 8.87. The number of rotatable bonds is 7. The van der Waals surface area contributed by atoms with Crippen molar-refractivity contribution in [2.24, 2.45) is 0 Å². The van der Waals surface area contributed by atoms with Crippen LogP contribution < -0.4 is 5.48 Å². The molecule has 6 heteroatoms. The molecule has 1 heterocycles. The van der Waals surface area contributed by atoms with E-state index in [1.165, 1.54) is 19.3 Å². The van der Waals surface area contributed by atoms with Crippen LogP contribution in [0, 0.1) is 6.92 Å². The predicted molar refractivity (Wildman–Crippen MR) is 108 cm³/mol. The zero-order valence-electron chi connectivity index (χ0n) is 16.0. The molecule has 27 heavy (non-hydrogen) atoms. The molecule has 0 bridgehead atoms. The van der Waals surface area contributed by atoms with Crippen molar-refractivity contribution in [3.63, 3.8) is 0 Å². The van der Waals surface area contributed by atoms with Crippen molar-refractivity contribution < 1.29 is 12.7 Å². The Bertz CT molecular complexity index is 850. The van der Waals surface area contributed by atoms with Crippen molar-refractivity contribution in [3.8, 4) is 0 Å². The fourth-order valence-electron chi connectivity index (χ4n) is 3.52. The van der Waals surface area contributed by atoms with E-state index in [1.807, 2.05) is 31.2 Å². The van der Waals surface area contributed by atoms with Crippen LogP contribution in [0.25, 0.3) is 0 Å². The van der Waals surface area contributed by atoms with Gasteiger partial charge in [-0.1, -0.05) is 42.3 Å². The molecular formula is C21H28N2O3S. The first-order chi connectivity index (χ1) is 13.0. The van der Waals surface area contributed by atoms with Crippen molar-refractivity contribution in [3.05, 3.63) is 59.7 Å². The van der Waals surface area contributed by atoms with Crippen molar-refractivity contribution >= 4 is 15.8 Å². The lowest BCUT2D eigenvalue weighted by atomic mass is 9.96. The highest BCUT2D eigenvalue weighted by Crippen LogP contribution is 2.24. The Morgan fingerprint density at radius 2 is 1.85 bits per heavy atom. The summed E-state index contributed by atoms with van der Waals surface area (Å²) in [5.74, 6) is 0. The van der Waals surface area contributed by atoms with Crippen LogP contribution in [-0.2, 0) is 20.8 Å². The van der Waals surface area contributed by atoms with Gasteiger partial charge in [-0.15, -0.1) is 4.28 Å². The first-order valence-corrected chi connectivity index (χ1v) is 10.9. The molecule has 2 aromatic carbocycles. The summed E-state index contributed by atoms with van der Waals surface area (Å²) in [7, 11) is -1.67. The number of piperidine rings is 1. The quantitative estimate of drug-likeness (QED) is 0.722. The van der Waals surface area contributed by atoms with Crippen LogP contribution in [0.5, 0.6) is 0 Å². The van der Waals surface area contributed by atoms with Gasteiger partial charge < -0.3 is 4.90 Å². The maximum atomic E-state index is 12.4. The molecule has 0 aliphatic carbocycles. The van der Waals surface area contributed by atoms with E-state index in [0.29, 0.717) is 11.7 Å². The highest BCUT2D eigenvalue weighted by atomic mass is 32.2. The summed E-state index contributed by atoms with van der Waals surface area (Å²) in [6.07, 6.45) is 5.72. The third-order valence-electron chi connectivity index (χ3n) is 5.26. The van der Waals surface area contributed by atoms with E-state index >= 15 is 0 Å². The number of hydrogen-bond acceptors (Lipinski definition) is 5. The third kappa shape index (κ3) is 5.31. The molecule has 1 N–H and O–H groups in total. The lowest BCUT2D eigenvalue weighted by Crippen LogP contribution is -2.36. The van der Waals surface area contributed by atoms with Crippen LogP contribution in [0.4, 0.5) is 5.69 Å². The molecule has 1 aliphatic rings. The number of benzene rings is 2. The van der Waals surface area contributed by atoms with Gasteiger partial charge >= 0.3 is 10.1 Å². The number of para-hydroxylation sites is 1. The lowest BCUT2D eigenvalue weighted by Gasteiger charge is -2.32. The van der Waals surface area contributed by atoms with Gasteiger partial charge in [0.05, 0.1) is 10.6 Å². The van der Waals surface area contributed by atoms with E-state index in [9.17, 15) is 8.42 Å². The number of hydrogen-bond donors (Lipinski definition) is 1. The Hall–Kier alpha value is -1.89. The summed E-state index contributed by atoms with van der Waals surface area (Å²) >= 11 is 0. The van der Waals surface area contributed by atoms with Crippen LogP contribution in [0.3, 0.4) is 0 Å². The molecule has 2 aromatic rings. The van der Waals surface area contributed by atoms with Crippen LogP contribution in [0.1, 0.15) is 36.8 Å². The summed E-state index contributed by atoms with van der Waals surface area (Å²) in [6.45, 7) is 3.07. The minimum absolute atomic E-state index is 0.141. The molecule has 1 atom stereocenters. The van der Waals surface area contributed by atoms with Crippen LogP contribution in [0.2, 0.25) is 0 Å². The van der Waals surface area contributed by atoms with E-state index in [-0.39, 0.29) is 4.90 Å². The van der Waals surface area contributed by atoms with Crippen molar-refractivity contribution in [1.29, 1.82) is 0 Å². The maximum Gasteiger partial charge on any atom is 0.317 e. The minimum Gasteiger partial charge on any atom is -0.303 e.